The molecule has 0 aromatic heterocycles. The number of aliphatic hydroxyl groups is 1. The van der Waals surface area contributed by atoms with E-state index in [1.54, 1.807) is 6.92 Å². The number of fused-ring (bicyclic) bond motifs is 1. The lowest BCUT2D eigenvalue weighted by atomic mass is 9.84. The summed E-state index contributed by atoms with van der Waals surface area (Å²) in [5.74, 6) is -1.73. The van der Waals surface area contributed by atoms with E-state index in [-0.39, 0.29) is 35.5 Å². The number of ether oxygens (including phenoxy) is 3. The standard InChI is InChI=1S/C15H20O6/c1-7(2)14(17)19-6-11(16)20-12-8-4-9-10(5-8)15(3,18)21-13(9)12/h8-10,12-13,18H,1,4-6H2,2-3H3. The highest BCUT2D eigenvalue weighted by molar-refractivity contribution is 5.88. The molecule has 116 valence electrons. The Kier molecular flexibility index (Phi) is 3.33. The SMILES string of the molecule is C=C(C)C(=O)OCC(=O)OC1C2CC3C1OC(C)(O)C3C2. The summed E-state index contributed by atoms with van der Waals surface area (Å²) in [6.45, 7) is 6.20. The molecular weight excluding hydrogens is 276 g/mol. The van der Waals surface area contributed by atoms with E-state index in [1.165, 1.54) is 6.92 Å². The summed E-state index contributed by atoms with van der Waals surface area (Å²) in [6.07, 6.45) is 1.12. The third kappa shape index (κ3) is 2.36. The lowest BCUT2D eigenvalue weighted by Gasteiger charge is -2.26. The van der Waals surface area contributed by atoms with Crippen molar-refractivity contribution in [2.75, 3.05) is 6.61 Å². The topological polar surface area (TPSA) is 82.1 Å². The molecular formula is C15H20O6. The predicted molar refractivity (Wildman–Crippen MR) is 70.9 cm³/mol. The van der Waals surface area contributed by atoms with Gasteiger partial charge in [-0.25, -0.2) is 9.59 Å². The molecule has 6 nitrogen and oxygen atoms in total. The van der Waals surface area contributed by atoms with Gasteiger partial charge in [-0.1, -0.05) is 6.58 Å². The van der Waals surface area contributed by atoms with E-state index in [9.17, 15) is 14.7 Å². The van der Waals surface area contributed by atoms with Crippen LogP contribution in [0.2, 0.25) is 0 Å². The zero-order chi connectivity index (χ0) is 15.4. The fourth-order valence-corrected chi connectivity index (χ4v) is 3.98. The van der Waals surface area contributed by atoms with Gasteiger partial charge >= 0.3 is 11.9 Å². The highest BCUT2D eigenvalue weighted by Gasteiger charge is 2.66. The largest absolute Gasteiger partial charge is 0.457 e. The van der Waals surface area contributed by atoms with Gasteiger partial charge in [0.05, 0.1) is 0 Å². The number of hydrogen-bond donors (Lipinski definition) is 1. The Morgan fingerprint density at radius 3 is 2.81 bits per heavy atom. The molecule has 0 amide bonds. The summed E-state index contributed by atoms with van der Waals surface area (Å²) in [5, 5.41) is 10.2. The smallest absolute Gasteiger partial charge is 0.344 e. The summed E-state index contributed by atoms with van der Waals surface area (Å²) < 4.78 is 15.9. The molecule has 6 unspecified atom stereocenters. The molecule has 3 fully saturated rings. The molecule has 3 rings (SSSR count). The van der Waals surface area contributed by atoms with Crippen LogP contribution in [0.4, 0.5) is 0 Å². The predicted octanol–water partition coefficient (Wildman–Crippen LogP) is 0.781. The van der Waals surface area contributed by atoms with Gasteiger partial charge in [0, 0.05) is 11.5 Å². The lowest BCUT2D eigenvalue weighted by Crippen LogP contribution is -2.37. The third-order valence-corrected chi connectivity index (χ3v) is 4.86. The van der Waals surface area contributed by atoms with E-state index in [2.05, 4.69) is 6.58 Å². The first-order valence-corrected chi connectivity index (χ1v) is 7.22. The summed E-state index contributed by atoms with van der Waals surface area (Å²) in [7, 11) is 0. The maximum atomic E-state index is 11.8. The number of carbonyl (C=O) groups is 2. The molecule has 1 N–H and O–H groups in total. The minimum absolute atomic E-state index is 0.128. The first-order valence-electron chi connectivity index (χ1n) is 7.22. The van der Waals surface area contributed by atoms with E-state index in [0.717, 1.165) is 12.8 Å². The van der Waals surface area contributed by atoms with Crippen molar-refractivity contribution in [3.63, 3.8) is 0 Å². The summed E-state index contributed by atoms with van der Waals surface area (Å²) in [6, 6.07) is 0. The minimum Gasteiger partial charge on any atom is -0.457 e. The Balaban J connectivity index is 1.56. The van der Waals surface area contributed by atoms with Gasteiger partial charge in [-0.2, -0.15) is 0 Å². The Hall–Kier alpha value is -1.40. The zero-order valence-corrected chi connectivity index (χ0v) is 12.2. The molecule has 2 aliphatic carbocycles. The highest BCUT2D eigenvalue weighted by atomic mass is 16.7. The Labute approximate surface area is 123 Å². The number of hydrogen-bond acceptors (Lipinski definition) is 6. The quantitative estimate of drug-likeness (QED) is 0.610. The Morgan fingerprint density at radius 1 is 1.43 bits per heavy atom. The van der Waals surface area contributed by atoms with Gasteiger partial charge in [-0.3, -0.25) is 0 Å². The fourth-order valence-electron chi connectivity index (χ4n) is 3.98. The van der Waals surface area contributed by atoms with Crippen LogP contribution in [0.25, 0.3) is 0 Å². The molecule has 0 aromatic rings. The van der Waals surface area contributed by atoms with Crippen molar-refractivity contribution < 1.29 is 28.9 Å². The molecule has 1 aliphatic heterocycles. The van der Waals surface area contributed by atoms with Crippen molar-refractivity contribution in [3.05, 3.63) is 12.2 Å². The van der Waals surface area contributed by atoms with Crippen molar-refractivity contribution in [1.82, 2.24) is 0 Å². The second-order valence-corrected chi connectivity index (χ2v) is 6.45. The average Bonchev–Trinajstić information content (AvgIpc) is 2.99. The summed E-state index contributed by atoms with van der Waals surface area (Å²) in [4.78, 5) is 23.0. The van der Waals surface area contributed by atoms with Gasteiger partial charge in [-0.05, 0) is 38.5 Å². The first-order chi connectivity index (χ1) is 9.79. The molecule has 2 saturated carbocycles. The first kappa shape index (κ1) is 14.5. The molecule has 0 spiro atoms. The Bertz CT molecular complexity index is 496. The summed E-state index contributed by atoms with van der Waals surface area (Å²) >= 11 is 0. The molecule has 1 saturated heterocycles. The van der Waals surface area contributed by atoms with Crippen LogP contribution in [0, 0.1) is 17.8 Å². The highest BCUT2D eigenvalue weighted by Crippen LogP contribution is 2.60. The zero-order valence-electron chi connectivity index (χ0n) is 12.2. The van der Waals surface area contributed by atoms with Crippen LogP contribution in [-0.2, 0) is 23.8 Å². The van der Waals surface area contributed by atoms with Crippen molar-refractivity contribution in [3.8, 4) is 0 Å². The van der Waals surface area contributed by atoms with Crippen LogP contribution < -0.4 is 0 Å². The van der Waals surface area contributed by atoms with Gasteiger partial charge in [0.15, 0.2) is 12.4 Å². The van der Waals surface area contributed by atoms with Gasteiger partial charge in [0.1, 0.15) is 12.2 Å². The second kappa shape index (κ2) is 4.81. The third-order valence-electron chi connectivity index (χ3n) is 4.86. The second-order valence-electron chi connectivity index (χ2n) is 6.45. The van der Waals surface area contributed by atoms with Gasteiger partial charge < -0.3 is 19.3 Å². The number of esters is 2. The van der Waals surface area contributed by atoms with E-state index >= 15 is 0 Å². The molecule has 1 heterocycles. The van der Waals surface area contributed by atoms with E-state index in [4.69, 9.17) is 14.2 Å². The van der Waals surface area contributed by atoms with Gasteiger partial charge in [0.25, 0.3) is 0 Å². The van der Waals surface area contributed by atoms with Crippen molar-refractivity contribution in [2.24, 2.45) is 17.8 Å². The fraction of sp³-hybridized carbons (Fsp3) is 0.733. The minimum atomic E-state index is -1.13. The maximum absolute atomic E-state index is 11.8. The summed E-state index contributed by atoms with van der Waals surface area (Å²) in [5.41, 5.74) is 0.237. The molecule has 21 heavy (non-hydrogen) atoms. The van der Waals surface area contributed by atoms with Crippen LogP contribution in [0.1, 0.15) is 26.7 Å². The van der Waals surface area contributed by atoms with E-state index in [0.29, 0.717) is 0 Å². The van der Waals surface area contributed by atoms with Crippen LogP contribution in [0.5, 0.6) is 0 Å². The average molecular weight is 296 g/mol. The molecule has 0 aromatic carbocycles. The Morgan fingerprint density at radius 2 is 2.14 bits per heavy atom. The monoisotopic (exact) mass is 296 g/mol. The van der Waals surface area contributed by atoms with Crippen molar-refractivity contribution in [1.29, 1.82) is 0 Å². The molecule has 3 aliphatic rings. The van der Waals surface area contributed by atoms with Gasteiger partial charge in [-0.15, -0.1) is 0 Å². The number of rotatable bonds is 4. The lowest BCUT2D eigenvalue weighted by molar-refractivity contribution is -0.207. The van der Waals surface area contributed by atoms with Crippen LogP contribution in [0.3, 0.4) is 0 Å². The van der Waals surface area contributed by atoms with Crippen LogP contribution in [-0.4, -0.2) is 41.6 Å². The normalized spacial score (nSPS) is 42.9. The van der Waals surface area contributed by atoms with Crippen LogP contribution in [0.15, 0.2) is 12.2 Å². The van der Waals surface area contributed by atoms with E-state index in [1.807, 2.05) is 0 Å². The number of carbonyl (C=O) groups excluding carboxylic acids is 2. The molecule has 6 heteroatoms. The van der Waals surface area contributed by atoms with E-state index < -0.39 is 24.3 Å². The van der Waals surface area contributed by atoms with Crippen LogP contribution >= 0.6 is 0 Å². The maximum Gasteiger partial charge on any atom is 0.344 e. The molecule has 0 radical (unpaired) electrons. The van der Waals surface area contributed by atoms with Crippen molar-refractivity contribution >= 4 is 11.9 Å². The van der Waals surface area contributed by atoms with Crippen molar-refractivity contribution in [2.45, 2.75) is 44.7 Å². The molecule has 2 bridgehead atoms. The van der Waals surface area contributed by atoms with Gasteiger partial charge in [0.2, 0.25) is 0 Å². The molecule has 6 atom stereocenters.